The maximum absolute atomic E-state index is 12.6. The van der Waals surface area contributed by atoms with Crippen molar-refractivity contribution in [3.05, 3.63) is 89.5 Å². The number of nitrogens with one attached hydrogen (secondary N) is 2. The first-order chi connectivity index (χ1) is 17.0. The van der Waals surface area contributed by atoms with Gasteiger partial charge in [-0.05, 0) is 80.1 Å². The molecule has 0 aliphatic heterocycles. The summed E-state index contributed by atoms with van der Waals surface area (Å²) in [6.07, 6.45) is 1.26. The highest BCUT2D eigenvalue weighted by Gasteiger charge is 2.09. The minimum absolute atomic E-state index is 0.0477. The van der Waals surface area contributed by atoms with E-state index in [1.165, 1.54) is 0 Å². The van der Waals surface area contributed by atoms with Crippen LogP contribution in [-0.2, 0) is 6.42 Å². The number of Topliss-reactive ketones (excluding diaryl/α,β-unsaturated/α-hetero) is 1. The highest BCUT2D eigenvalue weighted by molar-refractivity contribution is 5.98. The molecule has 0 saturated heterocycles. The van der Waals surface area contributed by atoms with Gasteiger partial charge in [0, 0.05) is 35.5 Å². The fraction of sp³-hybridized carbons (Fsp3) is 0.310. The molecule has 0 heterocycles. The van der Waals surface area contributed by atoms with Crippen molar-refractivity contribution >= 4 is 23.1 Å². The maximum Gasteiger partial charge on any atom is 0.251 e. The van der Waals surface area contributed by atoms with Gasteiger partial charge in [-0.15, -0.1) is 0 Å². The Morgan fingerprint density at radius 1 is 0.857 bits per heavy atom. The van der Waals surface area contributed by atoms with Crippen LogP contribution in [0, 0.1) is 0 Å². The molecule has 0 bridgehead atoms. The molecule has 1 amide bonds. The first kappa shape index (κ1) is 26.0. The predicted molar refractivity (Wildman–Crippen MR) is 142 cm³/mol. The van der Waals surface area contributed by atoms with Crippen molar-refractivity contribution in [2.45, 2.75) is 26.7 Å². The number of methoxy groups -OCH3 is 1. The minimum Gasteiger partial charge on any atom is -0.497 e. The van der Waals surface area contributed by atoms with Crippen LogP contribution in [0.15, 0.2) is 72.8 Å². The first-order valence-electron chi connectivity index (χ1n) is 12.2. The van der Waals surface area contributed by atoms with E-state index in [2.05, 4.69) is 29.4 Å². The second kappa shape index (κ2) is 13.3. The van der Waals surface area contributed by atoms with E-state index in [1.54, 1.807) is 19.2 Å². The largest absolute Gasteiger partial charge is 0.497 e. The average molecular weight is 474 g/mol. The third-order valence-electron chi connectivity index (χ3n) is 5.98. The summed E-state index contributed by atoms with van der Waals surface area (Å²) in [5.74, 6) is 0.668. The monoisotopic (exact) mass is 473 g/mol. The van der Waals surface area contributed by atoms with Gasteiger partial charge in [-0.3, -0.25) is 9.59 Å². The number of nitrogens with zero attached hydrogens (tertiary/aromatic N) is 1. The molecule has 3 rings (SSSR count). The third-order valence-corrected chi connectivity index (χ3v) is 5.98. The van der Waals surface area contributed by atoms with E-state index in [9.17, 15) is 9.59 Å². The van der Waals surface area contributed by atoms with Crippen molar-refractivity contribution in [2.75, 3.05) is 38.6 Å². The normalized spacial score (nSPS) is 10.7. The molecule has 0 atom stereocenters. The number of ketones is 1. The highest BCUT2D eigenvalue weighted by Crippen LogP contribution is 2.19. The van der Waals surface area contributed by atoms with Crippen molar-refractivity contribution in [1.82, 2.24) is 10.2 Å². The molecule has 6 nitrogen and oxygen atoms in total. The molecule has 184 valence electrons. The molecule has 0 unspecified atom stereocenters. The van der Waals surface area contributed by atoms with Crippen LogP contribution >= 0.6 is 0 Å². The molecule has 6 heteroatoms. The van der Waals surface area contributed by atoms with Crippen LogP contribution in [0.2, 0.25) is 0 Å². The van der Waals surface area contributed by atoms with E-state index in [1.807, 2.05) is 60.7 Å². The van der Waals surface area contributed by atoms with Gasteiger partial charge in [0.2, 0.25) is 0 Å². The van der Waals surface area contributed by atoms with Crippen LogP contribution in [-0.4, -0.2) is 49.9 Å². The number of anilines is 2. The molecule has 0 spiro atoms. The quantitative estimate of drug-likeness (QED) is 0.260. The zero-order valence-electron chi connectivity index (χ0n) is 20.8. The molecule has 0 fully saturated rings. The molecule has 3 aromatic carbocycles. The van der Waals surface area contributed by atoms with Crippen molar-refractivity contribution in [3.8, 4) is 5.75 Å². The van der Waals surface area contributed by atoms with Crippen molar-refractivity contribution in [3.63, 3.8) is 0 Å². The van der Waals surface area contributed by atoms with Gasteiger partial charge in [-0.2, -0.15) is 0 Å². The molecule has 3 aromatic rings. The minimum atomic E-state index is -0.0545. The van der Waals surface area contributed by atoms with Crippen LogP contribution in [0.5, 0.6) is 5.75 Å². The molecule has 0 aliphatic rings. The van der Waals surface area contributed by atoms with Gasteiger partial charge in [0.05, 0.1) is 7.11 Å². The summed E-state index contributed by atoms with van der Waals surface area (Å²) in [5.41, 5.74) is 4.03. The molecular formula is C29H35N3O3. The van der Waals surface area contributed by atoms with Crippen molar-refractivity contribution in [2.24, 2.45) is 0 Å². The van der Waals surface area contributed by atoms with Gasteiger partial charge in [-0.1, -0.05) is 38.1 Å². The van der Waals surface area contributed by atoms with E-state index < -0.39 is 0 Å². The fourth-order valence-corrected chi connectivity index (χ4v) is 3.81. The molecule has 0 saturated carbocycles. The van der Waals surface area contributed by atoms with Crippen LogP contribution in [0.1, 0.15) is 46.5 Å². The number of hydrogen-bond donors (Lipinski definition) is 2. The summed E-state index contributed by atoms with van der Waals surface area (Å²) < 4.78 is 5.20. The predicted octanol–water partition coefficient (Wildman–Crippen LogP) is 5.33. The van der Waals surface area contributed by atoms with E-state index in [4.69, 9.17) is 4.74 Å². The van der Waals surface area contributed by atoms with Crippen molar-refractivity contribution < 1.29 is 14.3 Å². The highest BCUT2D eigenvalue weighted by atomic mass is 16.5. The second-order valence-corrected chi connectivity index (χ2v) is 8.37. The molecule has 35 heavy (non-hydrogen) atoms. The molecule has 0 aromatic heterocycles. The van der Waals surface area contributed by atoms with E-state index in [-0.39, 0.29) is 11.7 Å². The Labute approximate surface area is 208 Å². The Balaban J connectivity index is 1.48. The van der Waals surface area contributed by atoms with Gasteiger partial charge < -0.3 is 20.3 Å². The molecule has 2 N–H and O–H groups in total. The van der Waals surface area contributed by atoms with Crippen molar-refractivity contribution in [1.29, 1.82) is 0 Å². The van der Waals surface area contributed by atoms with Gasteiger partial charge in [0.1, 0.15) is 5.75 Å². The lowest BCUT2D eigenvalue weighted by Crippen LogP contribution is -2.29. The van der Waals surface area contributed by atoms with Gasteiger partial charge >= 0.3 is 0 Å². The van der Waals surface area contributed by atoms with Crippen LogP contribution in [0.25, 0.3) is 0 Å². The summed E-state index contributed by atoms with van der Waals surface area (Å²) in [6, 6.07) is 22.4. The lowest BCUT2D eigenvalue weighted by molar-refractivity contribution is 0.0950. The summed E-state index contributed by atoms with van der Waals surface area (Å²) in [7, 11) is 1.59. The van der Waals surface area contributed by atoms with Crippen LogP contribution in [0.4, 0.5) is 11.4 Å². The zero-order valence-corrected chi connectivity index (χ0v) is 20.8. The Morgan fingerprint density at radius 2 is 1.51 bits per heavy atom. The second-order valence-electron chi connectivity index (χ2n) is 8.37. The standard InChI is InChI=1S/C29H35N3O3/c1-4-32(5-2)19-7-18-30-29(34)23-12-16-26(17-13-23)31-25-14-10-22(11-15-25)20-28(33)24-8-6-9-27(21-24)35-3/h6,8-17,21,31H,4-5,7,18-20H2,1-3H3,(H,30,34). The van der Waals surface area contributed by atoms with Gasteiger partial charge in [0.15, 0.2) is 5.78 Å². The Bertz CT molecular complexity index is 1090. The SMILES string of the molecule is CCN(CC)CCCNC(=O)c1ccc(Nc2ccc(CC(=O)c3cccc(OC)c3)cc2)cc1. The van der Waals surface area contributed by atoms with E-state index in [0.29, 0.717) is 29.8 Å². The van der Waals surface area contributed by atoms with Gasteiger partial charge in [0.25, 0.3) is 5.91 Å². The lowest BCUT2D eigenvalue weighted by Gasteiger charge is -2.17. The zero-order chi connectivity index (χ0) is 25.0. The van der Waals surface area contributed by atoms with E-state index >= 15 is 0 Å². The maximum atomic E-state index is 12.6. The third kappa shape index (κ3) is 7.97. The topological polar surface area (TPSA) is 70.7 Å². The first-order valence-corrected chi connectivity index (χ1v) is 12.2. The van der Waals surface area contributed by atoms with Crippen LogP contribution in [0.3, 0.4) is 0 Å². The van der Waals surface area contributed by atoms with Crippen LogP contribution < -0.4 is 15.4 Å². The summed E-state index contributed by atoms with van der Waals surface area (Å²) in [5, 5.41) is 6.33. The Hall–Kier alpha value is -3.64. The summed E-state index contributed by atoms with van der Waals surface area (Å²) >= 11 is 0. The number of amides is 1. The van der Waals surface area contributed by atoms with E-state index in [0.717, 1.165) is 43.0 Å². The lowest BCUT2D eigenvalue weighted by atomic mass is 10.0. The Kier molecular flexibility index (Phi) is 9.87. The number of ether oxygens (including phenoxy) is 1. The fourth-order valence-electron chi connectivity index (χ4n) is 3.81. The number of hydrogen-bond acceptors (Lipinski definition) is 5. The number of rotatable bonds is 13. The number of benzene rings is 3. The number of carbonyl (C=O) groups is 2. The summed E-state index contributed by atoms with van der Waals surface area (Å²) in [6.45, 7) is 8.02. The molecule has 0 radical (unpaired) electrons. The smallest absolute Gasteiger partial charge is 0.251 e. The number of carbonyl (C=O) groups excluding carboxylic acids is 2. The molecular weight excluding hydrogens is 438 g/mol. The van der Waals surface area contributed by atoms with Gasteiger partial charge in [-0.25, -0.2) is 0 Å². The summed E-state index contributed by atoms with van der Waals surface area (Å²) in [4.78, 5) is 27.3. The Morgan fingerprint density at radius 3 is 2.14 bits per heavy atom. The average Bonchev–Trinajstić information content (AvgIpc) is 2.90. The molecule has 0 aliphatic carbocycles.